The SMILES string of the molecule is CCCCc1c([N+](=O)[O-])cc2n[nH]nc2c1[N+](=O)[O-]. The molecule has 0 bridgehead atoms. The number of nitro benzene ring substituents is 2. The predicted octanol–water partition coefficient (Wildman–Crippen LogP) is 2.12. The van der Waals surface area contributed by atoms with Gasteiger partial charge in [-0.25, -0.2) is 0 Å². The smallest absolute Gasteiger partial charge is 0.258 e. The van der Waals surface area contributed by atoms with Gasteiger partial charge < -0.3 is 0 Å². The maximum atomic E-state index is 11.2. The van der Waals surface area contributed by atoms with Crippen LogP contribution in [0.2, 0.25) is 0 Å². The van der Waals surface area contributed by atoms with E-state index in [9.17, 15) is 20.2 Å². The van der Waals surface area contributed by atoms with Gasteiger partial charge in [-0.2, -0.15) is 10.3 Å². The van der Waals surface area contributed by atoms with Crippen molar-refractivity contribution in [3.8, 4) is 0 Å². The maximum absolute atomic E-state index is 11.2. The summed E-state index contributed by atoms with van der Waals surface area (Å²) in [4.78, 5) is 21.0. The highest BCUT2D eigenvalue weighted by atomic mass is 16.6. The highest BCUT2D eigenvalue weighted by Gasteiger charge is 2.30. The number of aromatic nitrogens is 3. The van der Waals surface area contributed by atoms with Crippen LogP contribution in [0.4, 0.5) is 11.4 Å². The number of H-pyrrole nitrogens is 1. The molecule has 0 aliphatic carbocycles. The molecule has 9 heteroatoms. The van der Waals surface area contributed by atoms with Crippen molar-refractivity contribution in [2.75, 3.05) is 0 Å². The second-order valence-corrected chi connectivity index (χ2v) is 4.03. The van der Waals surface area contributed by atoms with Gasteiger partial charge in [-0.3, -0.25) is 20.2 Å². The van der Waals surface area contributed by atoms with Gasteiger partial charge in [-0.15, -0.1) is 5.10 Å². The number of nitro groups is 2. The van der Waals surface area contributed by atoms with Crippen LogP contribution >= 0.6 is 0 Å². The summed E-state index contributed by atoms with van der Waals surface area (Å²) in [6, 6.07) is 1.22. The fourth-order valence-corrected chi connectivity index (χ4v) is 1.95. The van der Waals surface area contributed by atoms with E-state index in [-0.39, 0.29) is 34.4 Å². The third-order valence-electron chi connectivity index (χ3n) is 2.83. The molecule has 0 aliphatic heterocycles. The van der Waals surface area contributed by atoms with Crippen molar-refractivity contribution >= 4 is 22.4 Å². The van der Waals surface area contributed by atoms with Gasteiger partial charge in [0.05, 0.1) is 9.85 Å². The molecule has 0 amide bonds. The van der Waals surface area contributed by atoms with E-state index in [1.165, 1.54) is 6.07 Å². The van der Waals surface area contributed by atoms with Crippen molar-refractivity contribution in [1.82, 2.24) is 15.4 Å². The van der Waals surface area contributed by atoms with E-state index in [0.717, 1.165) is 6.42 Å². The average molecular weight is 265 g/mol. The normalized spacial score (nSPS) is 10.8. The highest BCUT2D eigenvalue weighted by molar-refractivity contribution is 5.88. The van der Waals surface area contributed by atoms with Gasteiger partial charge in [0, 0.05) is 6.07 Å². The van der Waals surface area contributed by atoms with Crippen LogP contribution < -0.4 is 0 Å². The quantitative estimate of drug-likeness (QED) is 0.651. The van der Waals surface area contributed by atoms with Gasteiger partial charge in [0.2, 0.25) is 0 Å². The van der Waals surface area contributed by atoms with Crippen LogP contribution in [0.1, 0.15) is 25.3 Å². The summed E-state index contributed by atoms with van der Waals surface area (Å²) in [7, 11) is 0. The minimum Gasteiger partial charge on any atom is -0.258 e. The van der Waals surface area contributed by atoms with Crippen LogP contribution in [0.15, 0.2) is 6.07 Å². The molecular formula is C10H11N5O4. The Labute approximate surface area is 106 Å². The lowest BCUT2D eigenvalue weighted by Crippen LogP contribution is -2.02. The molecule has 1 aromatic heterocycles. The van der Waals surface area contributed by atoms with Gasteiger partial charge in [0.1, 0.15) is 11.1 Å². The molecule has 1 aromatic carbocycles. The fourth-order valence-electron chi connectivity index (χ4n) is 1.95. The van der Waals surface area contributed by atoms with Crippen molar-refractivity contribution < 1.29 is 9.85 Å². The van der Waals surface area contributed by atoms with E-state index in [1.807, 2.05) is 6.92 Å². The summed E-state index contributed by atoms with van der Waals surface area (Å²) in [6.45, 7) is 1.91. The molecule has 9 nitrogen and oxygen atoms in total. The Kier molecular flexibility index (Phi) is 3.36. The van der Waals surface area contributed by atoms with Crippen LogP contribution in [0.25, 0.3) is 11.0 Å². The molecule has 0 atom stereocenters. The molecular weight excluding hydrogens is 254 g/mol. The number of benzene rings is 1. The lowest BCUT2D eigenvalue weighted by Gasteiger charge is -2.03. The van der Waals surface area contributed by atoms with Crippen molar-refractivity contribution in [3.05, 3.63) is 31.9 Å². The van der Waals surface area contributed by atoms with Crippen molar-refractivity contribution in [3.63, 3.8) is 0 Å². The minimum atomic E-state index is -0.636. The zero-order valence-corrected chi connectivity index (χ0v) is 10.1. The first-order valence-electron chi connectivity index (χ1n) is 5.71. The lowest BCUT2D eigenvalue weighted by atomic mass is 10.0. The first-order valence-corrected chi connectivity index (χ1v) is 5.71. The molecule has 0 unspecified atom stereocenters. The third-order valence-corrected chi connectivity index (χ3v) is 2.83. The van der Waals surface area contributed by atoms with Crippen LogP contribution in [-0.4, -0.2) is 25.3 Å². The summed E-state index contributed by atoms with van der Waals surface area (Å²) >= 11 is 0. The Bertz CT molecular complexity index is 651. The Hall–Kier alpha value is -2.58. The van der Waals surface area contributed by atoms with Gasteiger partial charge in [-0.05, 0) is 12.8 Å². The topological polar surface area (TPSA) is 128 Å². The number of hydrogen-bond acceptors (Lipinski definition) is 6. The number of fused-ring (bicyclic) bond motifs is 1. The molecule has 0 aliphatic rings. The molecule has 2 aromatic rings. The third kappa shape index (κ3) is 2.21. The minimum absolute atomic E-state index is 0.0571. The first-order chi connectivity index (χ1) is 9.06. The van der Waals surface area contributed by atoms with Crippen LogP contribution in [0, 0.1) is 20.2 Å². The van der Waals surface area contributed by atoms with Gasteiger partial charge in [0.25, 0.3) is 5.69 Å². The zero-order chi connectivity index (χ0) is 14.0. The van der Waals surface area contributed by atoms with Crippen LogP contribution in [-0.2, 0) is 6.42 Å². The van der Waals surface area contributed by atoms with Crippen LogP contribution in [0.5, 0.6) is 0 Å². The summed E-state index contributed by atoms with van der Waals surface area (Å²) < 4.78 is 0. The largest absolute Gasteiger partial charge is 0.309 e. The molecule has 0 fully saturated rings. The van der Waals surface area contributed by atoms with Crippen LogP contribution in [0.3, 0.4) is 0 Å². The number of nitrogens with one attached hydrogen (secondary N) is 1. The predicted molar refractivity (Wildman–Crippen MR) is 65.8 cm³/mol. The van der Waals surface area contributed by atoms with Gasteiger partial charge in [0.15, 0.2) is 5.52 Å². The highest BCUT2D eigenvalue weighted by Crippen LogP contribution is 2.35. The Morgan fingerprint density at radius 3 is 2.58 bits per heavy atom. The summed E-state index contributed by atoms with van der Waals surface area (Å²) in [5.41, 5.74) is -0.313. The van der Waals surface area contributed by atoms with Gasteiger partial charge >= 0.3 is 5.69 Å². The van der Waals surface area contributed by atoms with Crippen molar-refractivity contribution in [2.45, 2.75) is 26.2 Å². The first kappa shape index (κ1) is 12.9. The second-order valence-electron chi connectivity index (χ2n) is 4.03. The molecule has 100 valence electrons. The Morgan fingerprint density at radius 2 is 2.00 bits per heavy atom. The number of hydrogen-bond donors (Lipinski definition) is 1. The van der Waals surface area contributed by atoms with E-state index in [1.54, 1.807) is 0 Å². The average Bonchev–Trinajstić information content (AvgIpc) is 2.81. The molecule has 1 N–H and O–H groups in total. The summed E-state index contributed by atoms with van der Waals surface area (Å²) in [5.74, 6) is 0. The van der Waals surface area contributed by atoms with E-state index in [2.05, 4.69) is 15.4 Å². The fraction of sp³-hybridized carbons (Fsp3) is 0.400. The molecule has 0 saturated carbocycles. The molecule has 1 heterocycles. The standard InChI is InChI=1S/C10H11N5O4/c1-2-3-4-6-8(14(16)17)5-7-9(12-13-11-7)10(6)15(18)19/h5H,2-4H2,1H3,(H,11,12,13). The Morgan fingerprint density at radius 1 is 1.26 bits per heavy atom. The van der Waals surface area contributed by atoms with Crippen molar-refractivity contribution in [2.24, 2.45) is 0 Å². The van der Waals surface area contributed by atoms with E-state index < -0.39 is 9.85 Å². The van der Waals surface area contributed by atoms with Gasteiger partial charge in [-0.1, -0.05) is 13.3 Å². The van der Waals surface area contributed by atoms with E-state index in [4.69, 9.17) is 0 Å². The summed E-state index contributed by atoms with van der Waals surface area (Å²) in [5, 5.41) is 31.9. The zero-order valence-electron chi connectivity index (χ0n) is 10.1. The number of aromatic amines is 1. The monoisotopic (exact) mass is 265 g/mol. The van der Waals surface area contributed by atoms with E-state index in [0.29, 0.717) is 6.42 Å². The maximum Gasteiger partial charge on any atom is 0.309 e. The van der Waals surface area contributed by atoms with E-state index >= 15 is 0 Å². The Balaban J connectivity index is 2.76. The molecule has 0 saturated heterocycles. The number of unbranched alkanes of at least 4 members (excludes halogenated alkanes) is 1. The molecule has 19 heavy (non-hydrogen) atoms. The molecule has 0 radical (unpaired) electrons. The lowest BCUT2D eigenvalue weighted by molar-refractivity contribution is -0.394. The number of nitrogens with zero attached hydrogens (tertiary/aromatic N) is 4. The molecule has 0 spiro atoms. The summed E-state index contributed by atoms with van der Waals surface area (Å²) in [6.07, 6.45) is 1.68. The molecule has 2 rings (SSSR count). The second kappa shape index (κ2) is 4.96. The van der Waals surface area contributed by atoms with Crippen molar-refractivity contribution in [1.29, 1.82) is 0 Å². The number of rotatable bonds is 5.